The molecular weight excluding hydrogens is 256 g/mol. The zero-order valence-electron chi connectivity index (χ0n) is 10.9. The van der Waals surface area contributed by atoms with Gasteiger partial charge >= 0.3 is 0 Å². The summed E-state index contributed by atoms with van der Waals surface area (Å²) in [6.07, 6.45) is 2.85. The van der Waals surface area contributed by atoms with Gasteiger partial charge in [0.2, 0.25) is 0 Å². The van der Waals surface area contributed by atoms with Crippen LogP contribution in [0.25, 0.3) is 0 Å². The van der Waals surface area contributed by atoms with Crippen LogP contribution in [0.15, 0.2) is 6.07 Å². The van der Waals surface area contributed by atoms with Gasteiger partial charge in [-0.05, 0) is 19.6 Å². The molecule has 1 aromatic heterocycles. The van der Waals surface area contributed by atoms with Crippen molar-refractivity contribution in [3.63, 3.8) is 0 Å². The Balaban J connectivity index is 2.89. The van der Waals surface area contributed by atoms with Gasteiger partial charge in [-0.3, -0.25) is 0 Å². The summed E-state index contributed by atoms with van der Waals surface area (Å²) in [7, 11) is 0. The first-order valence-electron chi connectivity index (χ1n) is 5.97. The number of pyridine rings is 1. The lowest BCUT2D eigenvalue weighted by Gasteiger charge is -2.17. The van der Waals surface area contributed by atoms with Crippen LogP contribution in [0.1, 0.15) is 20.3 Å². The molecule has 0 aliphatic heterocycles. The van der Waals surface area contributed by atoms with Crippen molar-refractivity contribution in [1.82, 2.24) is 4.98 Å². The van der Waals surface area contributed by atoms with Gasteiger partial charge in [0, 0.05) is 24.4 Å². The highest BCUT2D eigenvalue weighted by Gasteiger charge is 2.14. The second-order valence-corrected chi connectivity index (χ2v) is 4.80. The topological polar surface area (TPSA) is 37.0 Å². The normalized spacial score (nSPS) is 12.3. The van der Waals surface area contributed by atoms with Crippen LogP contribution in [0.3, 0.4) is 0 Å². The largest absolute Gasteiger partial charge is 0.368 e. The van der Waals surface area contributed by atoms with Crippen molar-refractivity contribution in [3.05, 3.63) is 17.7 Å². The van der Waals surface area contributed by atoms with Crippen LogP contribution < -0.4 is 10.6 Å². The van der Waals surface area contributed by atoms with Crippen LogP contribution in [-0.2, 0) is 0 Å². The lowest BCUT2D eigenvalue weighted by Crippen LogP contribution is -2.23. The lowest BCUT2D eigenvalue weighted by atomic mass is 10.2. The Bertz CT molecular complexity index is 388. The van der Waals surface area contributed by atoms with Gasteiger partial charge in [0.1, 0.15) is 0 Å². The van der Waals surface area contributed by atoms with Crippen molar-refractivity contribution in [2.45, 2.75) is 26.3 Å². The van der Waals surface area contributed by atoms with Crippen LogP contribution in [-0.4, -0.2) is 29.6 Å². The van der Waals surface area contributed by atoms with E-state index in [2.05, 4.69) is 15.6 Å². The molecule has 0 spiro atoms. The Morgan fingerprint density at radius 2 is 1.94 bits per heavy atom. The summed E-state index contributed by atoms with van der Waals surface area (Å²) < 4.78 is 27.0. The fourth-order valence-electron chi connectivity index (χ4n) is 1.52. The van der Waals surface area contributed by atoms with E-state index in [-0.39, 0.29) is 17.7 Å². The molecule has 0 radical (unpaired) electrons. The molecule has 0 saturated carbocycles. The quantitative estimate of drug-likeness (QED) is 0.800. The molecule has 3 nitrogen and oxygen atoms in total. The minimum Gasteiger partial charge on any atom is -0.368 e. The number of rotatable bonds is 7. The summed E-state index contributed by atoms with van der Waals surface area (Å²) in [6.45, 7) is 4.39. The Labute approximate surface area is 111 Å². The van der Waals surface area contributed by atoms with Gasteiger partial charge in [0.05, 0.1) is 0 Å². The minimum absolute atomic E-state index is 0.0837. The number of anilines is 2. The summed E-state index contributed by atoms with van der Waals surface area (Å²) in [5.74, 6) is -0.286. The van der Waals surface area contributed by atoms with Crippen molar-refractivity contribution >= 4 is 23.4 Å². The molecule has 18 heavy (non-hydrogen) atoms. The highest BCUT2D eigenvalue weighted by Crippen LogP contribution is 2.20. The molecular formula is C12H19F2N3S. The number of halogens is 2. The maximum absolute atomic E-state index is 13.6. The number of nitrogens with one attached hydrogen (secondary N) is 2. The van der Waals surface area contributed by atoms with Gasteiger partial charge < -0.3 is 10.6 Å². The predicted molar refractivity (Wildman–Crippen MR) is 74.4 cm³/mol. The molecule has 1 rings (SSSR count). The first kappa shape index (κ1) is 15.0. The van der Waals surface area contributed by atoms with Crippen LogP contribution in [0.2, 0.25) is 0 Å². The number of aromatic nitrogens is 1. The fourth-order valence-corrected chi connectivity index (χ4v) is 2.24. The minimum atomic E-state index is -0.669. The van der Waals surface area contributed by atoms with E-state index in [1.165, 1.54) is 0 Å². The lowest BCUT2D eigenvalue weighted by molar-refractivity contribution is 0.575. The summed E-state index contributed by atoms with van der Waals surface area (Å²) >= 11 is 1.67. The van der Waals surface area contributed by atoms with Crippen molar-refractivity contribution in [2.24, 2.45) is 0 Å². The Hall–Kier alpha value is -1.04. The molecule has 0 amide bonds. The molecule has 102 valence electrons. The molecule has 1 atom stereocenters. The molecule has 0 bridgehead atoms. The Morgan fingerprint density at radius 1 is 1.28 bits per heavy atom. The molecule has 1 heterocycles. The molecule has 0 saturated heterocycles. The highest BCUT2D eigenvalue weighted by atomic mass is 32.2. The average molecular weight is 275 g/mol. The number of thioether (sulfide) groups is 1. The number of nitrogens with zero attached hydrogens (tertiary/aromatic N) is 1. The van der Waals surface area contributed by atoms with E-state index in [4.69, 9.17) is 0 Å². The molecule has 2 N–H and O–H groups in total. The molecule has 6 heteroatoms. The SMILES string of the molecule is CCNc1nc(NC(CC)CSC)c(F)cc1F. The van der Waals surface area contributed by atoms with E-state index >= 15 is 0 Å². The van der Waals surface area contributed by atoms with Gasteiger partial charge in [-0.25, -0.2) is 13.8 Å². The monoisotopic (exact) mass is 275 g/mol. The maximum Gasteiger partial charge on any atom is 0.168 e. The third-order valence-electron chi connectivity index (χ3n) is 2.48. The number of hydrogen-bond acceptors (Lipinski definition) is 4. The molecule has 1 unspecified atom stereocenters. The van der Waals surface area contributed by atoms with Gasteiger partial charge in [0.15, 0.2) is 23.3 Å². The van der Waals surface area contributed by atoms with Gasteiger partial charge in [0.25, 0.3) is 0 Å². The van der Waals surface area contributed by atoms with Crippen molar-refractivity contribution in [3.8, 4) is 0 Å². The fraction of sp³-hybridized carbons (Fsp3) is 0.583. The molecule has 1 aromatic rings. The summed E-state index contributed by atoms with van der Waals surface area (Å²) in [4.78, 5) is 3.95. The van der Waals surface area contributed by atoms with Crippen LogP contribution in [0, 0.1) is 11.6 Å². The van der Waals surface area contributed by atoms with E-state index in [0.717, 1.165) is 18.2 Å². The molecule has 0 aliphatic rings. The van der Waals surface area contributed by atoms with Gasteiger partial charge in [-0.15, -0.1) is 0 Å². The third-order valence-corrected chi connectivity index (χ3v) is 3.21. The van der Waals surface area contributed by atoms with E-state index in [1.807, 2.05) is 20.1 Å². The first-order chi connectivity index (χ1) is 8.62. The second-order valence-electron chi connectivity index (χ2n) is 3.88. The highest BCUT2D eigenvalue weighted by molar-refractivity contribution is 7.98. The summed E-state index contributed by atoms with van der Waals surface area (Å²) in [5, 5.41) is 5.78. The Morgan fingerprint density at radius 3 is 2.50 bits per heavy atom. The van der Waals surface area contributed by atoms with Crippen molar-refractivity contribution in [2.75, 3.05) is 29.2 Å². The second kappa shape index (κ2) is 7.41. The van der Waals surface area contributed by atoms with E-state index < -0.39 is 11.6 Å². The first-order valence-corrected chi connectivity index (χ1v) is 7.37. The predicted octanol–water partition coefficient (Wildman–Crippen LogP) is 3.35. The van der Waals surface area contributed by atoms with E-state index in [9.17, 15) is 8.78 Å². The van der Waals surface area contributed by atoms with E-state index in [0.29, 0.717) is 6.54 Å². The van der Waals surface area contributed by atoms with Crippen molar-refractivity contribution in [1.29, 1.82) is 0 Å². The number of hydrogen-bond donors (Lipinski definition) is 2. The molecule has 0 aromatic carbocycles. The van der Waals surface area contributed by atoms with Gasteiger partial charge in [-0.1, -0.05) is 6.92 Å². The van der Waals surface area contributed by atoms with Crippen LogP contribution in [0.4, 0.5) is 20.4 Å². The van der Waals surface area contributed by atoms with Gasteiger partial charge in [-0.2, -0.15) is 11.8 Å². The standard InChI is InChI=1S/C12H19F2N3S/c1-4-8(7-18-3)16-12-10(14)6-9(13)11(17-12)15-5-2/h6,8H,4-5,7H2,1-3H3,(H2,15,16,17). The maximum atomic E-state index is 13.6. The Kier molecular flexibility index (Phi) is 6.18. The van der Waals surface area contributed by atoms with Crippen LogP contribution in [0.5, 0.6) is 0 Å². The smallest absolute Gasteiger partial charge is 0.168 e. The molecule has 0 fully saturated rings. The van der Waals surface area contributed by atoms with E-state index in [1.54, 1.807) is 11.8 Å². The summed E-state index contributed by atoms with van der Waals surface area (Å²) in [6, 6.07) is 0.987. The van der Waals surface area contributed by atoms with Crippen LogP contribution >= 0.6 is 11.8 Å². The van der Waals surface area contributed by atoms with Crippen molar-refractivity contribution < 1.29 is 8.78 Å². The third kappa shape index (κ3) is 4.01. The zero-order chi connectivity index (χ0) is 13.5. The zero-order valence-corrected chi connectivity index (χ0v) is 11.7. The molecule has 0 aliphatic carbocycles. The average Bonchev–Trinajstić information content (AvgIpc) is 2.34. The summed E-state index contributed by atoms with van der Waals surface area (Å²) in [5.41, 5.74) is 0.